The highest BCUT2D eigenvalue weighted by Crippen LogP contribution is 2.27. The van der Waals surface area contributed by atoms with Gasteiger partial charge in [-0.2, -0.15) is 5.26 Å². The summed E-state index contributed by atoms with van der Waals surface area (Å²) in [4.78, 5) is 30.1. The van der Waals surface area contributed by atoms with Crippen molar-refractivity contribution in [3.05, 3.63) is 59.1 Å². The van der Waals surface area contributed by atoms with Crippen LogP contribution in [0, 0.1) is 11.3 Å². The molecular weight excluding hydrogens is 436 g/mol. The van der Waals surface area contributed by atoms with Crippen LogP contribution in [0.25, 0.3) is 11.0 Å². The average molecular weight is 457 g/mol. The van der Waals surface area contributed by atoms with Crippen molar-refractivity contribution in [1.29, 1.82) is 5.26 Å². The number of hydrogen-bond donors (Lipinski definition) is 0. The number of esters is 1. The second-order valence-corrected chi connectivity index (χ2v) is 8.15. The van der Waals surface area contributed by atoms with Crippen LogP contribution in [0.1, 0.15) is 12.0 Å². The second-order valence-electron chi connectivity index (χ2n) is 6.77. The standard InChI is InChI=1S/C22H21ClN4O3S/c1-26(11-5-10-24)20(28)14-30-21(29)15-31-22-25-18-12-17(23)8-9-19(18)27(22)13-16-6-3-2-4-7-16/h2-4,6-9,12H,5,11,13-15H2,1H3. The highest BCUT2D eigenvalue weighted by molar-refractivity contribution is 7.99. The lowest BCUT2D eigenvalue weighted by atomic mass is 10.2. The van der Waals surface area contributed by atoms with Crippen molar-refractivity contribution in [3.63, 3.8) is 0 Å². The van der Waals surface area contributed by atoms with Crippen LogP contribution in [0.15, 0.2) is 53.7 Å². The van der Waals surface area contributed by atoms with E-state index in [1.165, 1.54) is 16.7 Å². The van der Waals surface area contributed by atoms with Gasteiger partial charge in [0.05, 0.1) is 35.8 Å². The first-order valence-electron chi connectivity index (χ1n) is 9.57. The molecule has 0 aliphatic heterocycles. The Kier molecular flexibility index (Phi) is 7.93. The molecule has 1 heterocycles. The maximum atomic E-state index is 12.2. The molecule has 3 rings (SSSR count). The summed E-state index contributed by atoms with van der Waals surface area (Å²) in [5.74, 6) is -0.843. The molecule has 0 bridgehead atoms. The minimum absolute atomic E-state index is 0.0149. The van der Waals surface area contributed by atoms with Crippen LogP contribution in [0.2, 0.25) is 5.02 Å². The van der Waals surface area contributed by atoms with E-state index in [9.17, 15) is 9.59 Å². The quantitative estimate of drug-likeness (QED) is 0.360. The smallest absolute Gasteiger partial charge is 0.316 e. The number of hydrogen-bond acceptors (Lipinski definition) is 6. The summed E-state index contributed by atoms with van der Waals surface area (Å²) in [5, 5.41) is 9.84. The molecule has 0 atom stereocenters. The van der Waals surface area contributed by atoms with Crippen LogP contribution < -0.4 is 0 Å². The summed E-state index contributed by atoms with van der Waals surface area (Å²) in [5.41, 5.74) is 2.76. The fraction of sp³-hybridized carbons (Fsp3) is 0.273. The van der Waals surface area contributed by atoms with Crippen LogP contribution in [0.4, 0.5) is 0 Å². The van der Waals surface area contributed by atoms with Crippen molar-refractivity contribution in [1.82, 2.24) is 14.5 Å². The molecule has 9 heteroatoms. The number of carbonyl (C=O) groups excluding carboxylic acids is 2. The van der Waals surface area contributed by atoms with Gasteiger partial charge in [-0.05, 0) is 23.8 Å². The fourth-order valence-corrected chi connectivity index (χ4v) is 3.85. The molecule has 0 saturated carbocycles. The van der Waals surface area contributed by atoms with E-state index in [1.54, 1.807) is 13.1 Å². The number of nitrogens with zero attached hydrogens (tertiary/aromatic N) is 4. The Hall–Kier alpha value is -3.02. The lowest BCUT2D eigenvalue weighted by Crippen LogP contribution is -2.32. The first kappa shape index (κ1) is 22.7. The average Bonchev–Trinajstić information content (AvgIpc) is 3.11. The molecule has 7 nitrogen and oxygen atoms in total. The predicted octanol–water partition coefficient (Wildman–Crippen LogP) is 3.75. The number of thioether (sulfide) groups is 1. The van der Waals surface area contributed by atoms with Gasteiger partial charge in [0.25, 0.3) is 5.91 Å². The minimum Gasteiger partial charge on any atom is -0.455 e. The number of ether oxygens (including phenoxy) is 1. The molecule has 1 aromatic heterocycles. The SMILES string of the molecule is CN(CCC#N)C(=O)COC(=O)CSc1nc2cc(Cl)ccc2n1Cc1ccccc1. The number of likely N-dealkylation sites (N-methyl/N-ethyl adjacent to an activating group) is 1. The molecule has 3 aromatic rings. The van der Waals surface area contributed by atoms with Gasteiger partial charge in [0.2, 0.25) is 0 Å². The van der Waals surface area contributed by atoms with E-state index in [0.717, 1.165) is 16.6 Å². The van der Waals surface area contributed by atoms with Gasteiger partial charge in [-0.25, -0.2) is 4.98 Å². The van der Waals surface area contributed by atoms with Crippen LogP contribution in [0.5, 0.6) is 0 Å². The van der Waals surface area contributed by atoms with Crippen LogP contribution in [-0.2, 0) is 20.9 Å². The summed E-state index contributed by atoms with van der Waals surface area (Å²) in [6, 6.07) is 17.4. The predicted molar refractivity (Wildman–Crippen MR) is 120 cm³/mol. The van der Waals surface area contributed by atoms with Gasteiger partial charge in [0.15, 0.2) is 11.8 Å². The molecule has 160 valence electrons. The van der Waals surface area contributed by atoms with Crippen molar-refractivity contribution in [2.24, 2.45) is 0 Å². The van der Waals surface area contributed by atoms with Gasteiger partial charge in [-0.3, -0.25) is 9.59 Å². The normalized spacial score (nSPS) is 10.6. The lowest BCUT2D eigenvalue weighted by Gasteiger charge is -2.15. The molecule has 0 aliphatic carbocycles. The van der Waals surface area contributed by atoms with Crippen molar-refractivity contribution in [2.75, 3.05) is 26.0 Å². The second kappa shape index (κ2) is 10.8. The Labute approximate surface area is 189 Å². The Bertz CT molecular complexity index is 1110. The maximum absolute atomic E-state index is 12.2. The number of rotatable bonds is 9. The third-order valence-electron chi connectivity index (χ3n) is 4.52. The van der Waals surface area contributed by atoms with E-state index in [0.29, 0.717) is 23.3 Å². The molecule has 0 aliphatic rings. The zero-order chi connectivity index (χ0) is 22.2. The van der Waals surface area contributed by atoms with Crippen molar-refractivity contribution < 1.29 is 14.3 Å². The number of halogens is 1. The number of imidazole rings is 1. The molecule has 0 saturated heterocycles. The van der Waals surface area contributed by atoms with Gasteiger partial charge in [-0.1, -0.05) is 53.7 Å². The number of aromatic nitrogens is 2. The first-order valence-corrected chi connectivity index (χ1v) is 10.9. The van der Waals surface area contributed by atoms with E-state index in [2.05, 4.69) is 4.98 Å². The number of fused-ring (bicyclic) bond motifs is 1. The molecule has 1 amide bonds. The zero-order valence-electron chi connectivity index (χ0n) is 17.0. The first-order chi connectivity index (χ1) is 15.0. The number of benzene rings is 2. The molecule has 0 spiro atoms. The Morgan fingerprint density at radius 2 is 2.03 bits per heavy atom. The number of nitriles is 1. The summed E-state index contributed by atoms with van der Waals surface area (Å²) < 4.78 is 7.11. The minimum atomic E-state index is -0.511. The van der Waals surface area contributed by atoms with Crippen LogP contribution in [0.3, 0.4) is 0 Å². The molecule has 2 aromatic carbocycles. The van der Waals surface area contributed by atoms with Gasteiger partial charge in [-0.15, -0.1) is 0 Å². The van der Waals surface area contributed by atoms with Gasteiger partial charge >= 0.3 is 5.97 Å². The van der Waals surface area contributed by atoms with Gasteiger partial charge in [0, 0.05) is 18.6 Å². The third-order valence-corrected chi connectivity index (χ3v) is 5.70. The molecule has 0 unspecified atom stereocenters. The summed E-state index contributed by atoms with van der Waals surface area (Å²) >= 11 is 7.36. The maximum Gasteiger partial charge on any atom is 0.316 e. The summed E-state index contributed by atoms with van der Waals surface area (Å²) in [6.45, 7) is 0.545. The van der Waals surface area contributed by atoms with Crippen LogP contribution >= 0.6 is 23.4 Å². The largest absolute Gasteiger partial charge is 0.455 e. The van der Waals surface area contributed by atoms with E-state index in [-0.39, 0.29) is 24.7 Å². The van der Waals surface area contributed by atoms with Crippen molar-refractivity contribution in [2.45, 2.75) is 18.1 Å². The monoisotopic (exact) mass is 456 g/mol. The fourth-order valence-electron chi connectivity index (χ4n) is 2.87. The third kappa shape index (κ3) is 6.23. The lowest BCUT2D eigenvalue weighted by molar-refractivity contribution is -0.149. The van der Waals surface area contributed by atoms with Crippen molar-refractivity contribution in [3.8, 4) is 6.07 Å². The number of carbonyl (C=O) groups is 2. The highest BCUT2D eigenvalue weighted by atomic mass is 35.5. The molecular formula is C22H21ClN4O3S. The van der Waals surface area contributed by atoms with Gasteiger partial charge < -0.3 is 14.2 Å². The van der Waals surface area contributed by atoms with E-state index >= 15 is 0 Å². The summed E-state index contributed by atoms with van der Waals surface area (Å²) in [6.07, 6.45) is 0.230. The molecule has 31 heavy (non-hydrogen) atoms. The summed E-state index contributed by atoms with van der Waals surface area (Å²) in [7, 11) is 1.57. The molecule has 0 radical (unpaired) electrons. The van der Waals surface area contributed by atoms with Crippen molar-refractivity contribution >= 4 is 46.3 Å². The Morgan fingerprint density at radius 1 is 1.26 bits per heavy atom. The molecule has 0 N–H and O–H groups in total. The zero-order valence-corrected chi connectivity index (χ0v) is 18.5. The number of amides is 1. The molecule has 0 fully saturated rings. The van der Waals surface area contributed by atoms with Gasteiger partial charge in [0.1, 0.15) is 0 Å². The van der Waals surface area contributed by atoms with E-state index in [4.69, 9.17) is 21.6 Å². The topological polar surface area (TPSA) is 88.2 Å². The Morgan fingerprint density at radius 3 is 2.77 bits per heavy atom. The van der Waals surface area contributed by atoms with Crippen LogP contribution in [-0.4, -0.2) is 52.3 Å². The van der Waals surface area contributed by atoms with E-state index < -0.39 is 5.97 Å². The highest BCUT2D eigenvalue weighted by Gasteiger charge is 2.16. The van der Waals surface area contributed by atoms with E-state index in [1.807, 2.05) is 53.1 Å². The Balaban J connectivity index is 1.66.